The van der Waals surface area contributed by atoms with Crippen molar-refractivity contribution in [2.24, 2.45) is 23.7 Å². The van der Waals surface area contributed by atoms with Crippen LogP contribution in [-0.2, 0) is 9.53 Å². The molecule has 0 aromatic rings. The topological polar surface area (TPSA) is 49.8 Å². The molecule has 142 valence electrons. The number of piperidine rings is 1. The van der Waals surface area contributed by atoms with Gasteiger partial charge in [0.1, 0.15) is 0 Å². The van der Waals surface area contributed by atoms with Gasteiger partial charge in [0.15, 0.2) is 0 Å². The van der Waals surface area contributed by atoms with Gasteiger partial charge in [0.05, 0.1) is 12.5 Å². The van der Waals surface area contributed by atoms with E-state index in [-0.39, 0.29) is 23.0 Å². The molecule has 1 rings (SSSR count). The average Bonchev–Trinajstić information content (AvgIpc) is 2.43. The Bertz CT molecular complexity index is 399. The van der Waals surface area contributed by atoms with E-state index in [0.717, 1.165) is 25.7 Å². The quantitative estimate of drug-likeness (QED) is 0.669. The second-order valence-corrected chi connectivity index (χ2v) is 9.57. The highest BCUT2D eigenvalue weighted by molar-refractivity contribution is 5.71. The molecule has 1 fully saturated rings. The highest BCUT2D eigenvalue weighted by Crippen LogP contribution is 2.44. The molecule has 4 nitrogen and oxygen atoms in total. The Balaban J connectivity index is 2.57. The van der Waals surface area contributed by atoms with E-state index < -0.39 is 0 Å². The summed E-state index contributed by atoms with van der Waals surface area (Å²) < 4.78 is 5.41. The summed E-state index contributed by atoms with van der Waals surface area (Å²) in [6.07, 6.45) is 3.67. The smallest absolute Gasteiger partial charge is 0.308 e. The Morgan fingerprint density at radius 3 is 2.08 bits per heavy atom. The fourth-order valence-corrected chi connectivity index (χ4v) is 4.13. The molecule has 1 heterocycles. The van der Waals surface area contributed by atoms with Crippen LogP contribution >= 0.6 is 0 Å². The van der Waals surface area contributed by atoms with Crippen molar-refractivity contribution in [3.8, 4) is 0 Å². The number of rotatable bonds is 7. The van der Waals surface area contributed by atoms with E-state index in [1.165, 1.54) is 5.06 Å². The Morgan fingerprint density at radius 1 is 1.12 bits per heavy atom. The van der Waals surface area contributed by atoms with Crippen LogP contribution in [0.4, 0.5) is 0 Å². The maximum absolute atomic E-state index is 12.2. The van der Waals surface area contributed by atoms with Crippen molar-refractivity contribution in [3.63, 3.8) is 0 Å². The SMILES string of the molecule is CC(C)CCOC(=O)C(C)CC(C)C1CC(C)(C)N(O)C(C)(C)C1. The molecule has 4 heteroatoms. The van der Waals surface area contributed by atoms with E-state index in [9.17, 15) is 10.0 Å². The van der Waals surface area contributed by atoms with E-state index >= 15 is 0 Å². The van der Waals surface area contributed by atoms with Crippen molar-refractivity contribution in [2.45, 2.75) is 92.2 Å². The van der Waals surface area contributed by atoms with Gasteiger partial charge in [-0.15, -0.1) is 0 Å². The molecule has 1 N–H and O–H groups in total. The van der Waals surface area contributed by atoms with Crippen LogP contribution in [0.15, 0.2) is 0 Å². The van der Waals surface area contributed by atoms with E-state index in [0.29, 0.717) is 24.4 Å². The third kappa shape index (κ3) is 5.73. The van der Waals surface area contributed by atoms with Crippen LogP contribution in [0.25, 0.3) is 0 Å². The molecule has 0 aromatic carbocycles. The molecule has 0 spiro atoms. The van der Waals surface area contributed by atoms with E-state index in [4.69, 9.17) is 4.74 Å². The molecular formula is C20H39NO3. The zero-order valence-electron chi connectivity index (χ0n) is 17.1. The first kappa shape index (κ1) is 21.4. The van der Waals surface area contributed by atoms with Gasteiger partial charge in [0.2, 0.25) is 0 Å². The molecular weight excluding hydrogens is 302 g/mol. The van der Waals surface area contributed by atoms with E-state index in [1.54, 1.807) is 0 Å². The summed E-state index contributed by atoms with van der Waals surface area (Å²) in [7, 11) is 0. The lowest BCUT2D eigenvalue weighted by Crippen LogP contribution is -2.59. The molecule has 0 amide bonds. The molecule has 0 aromatic heterocycles. The average molecular weight is 342 g/mol. The van der Waals surface area contributed by atoms with Gasteiger partial charge in [-0.05, 0) is 71.1 Å². The minimum Gasteiger partial charge on any atom is -0.465 e. The number of hydrogen-bond donors (Lipinski definition) is 1. The molecule has 0 aliphatic carbocycles. The highest BCUT2D eigenvalue weighted by atomic mass is 16.5. The van der Waals surface area contributed by atoms with Gasteiger partial charge >= 0.3 is 5.97 Å². The largest absolute Gasteiger partial charge is 0.465 e. The van der Waals surface area contributed by atoms with Crippen LogP contribution in [-0.4, -0.2) is 33.9 Å². The lowest BCUT2D eigenvalue weighted by Gasteiger charge is -2.53. The molecule has 1 aliphatic rings. The van der Waals surface area contributed by atoms with Crippen LogP contribution in [0.3, 0.4) is 0 Å². The molecule has 0 saturated carbocycles. The number of hydrogen-bond acceptors (Lipinski definition) is 4. The fourth-order valence-electron chi connectivity index (χ4n) is 4.13. The minimum atomic E-state index is -0.234. The predicted molar refractivity (Wildman–Crippen MR) is 97.9 cm³/mol. The van der Waals surface area contributed by atoms with Crippen molar-refractivity contribution in [2.75, 3.05) is 6.61 Å². The van der Waals surface area contributed by atoms with Crippen molar-refractivity contribution >= 4 is 5.97 Å². The van der Waals surface area contributed by atoms with Gasteiger partial charge in [-0.25, -0.2) is 0 Å². The molecule has 0 bridgehead atoms. The molecule has 2 atom stereocenters. The van der Waals surface area contributed by atoms with E-state index in [2.05, 4.69) is 48.5 Å². The summed E-state index contributed by atoms with van der Waals surface area (Å²) in [5, 5.41) is 12.0. The second kappa shape index (κ2) is 8.18. The van der Waals surface area contributed by atoms with Gasteiger partial charge in [-0.1, -0.05) is 27.7 Å². The van der Waals surface area contributed by atoms with Crippen molar-refractivity contribution < 1.29 is 14.7 Å². The minimum absolute atomic E-state index is 0.0643. The zero-order valence-corrected chi connectivity index (χ0v) is 17.1. The monoisotopic (exact) mass is 341 g/mol. The van der Waals surface area contributed by atoms with Crippen LogP contribution in [0.2, 0.25) is 0 Å². The standard InChI is InChI=1S/C20H39NO3/c1-14(2)9-10-24-18(22)16(4)11-15(3)17-12-19(5,6)21(23)20(7,8)13-17/h14-17,23H,9-13H2,1-8H3. The van der Waals surface area contributed by atoms with Crippen molar-refractivity contribution in [1.29, 1.82) is 0 Å². The number of esters is 1. The zero-order chi connectivity index (χ0) is 18.7. The number of ether oxygens (including phenoxy) is 1. The third-order valence-electron chi connectivity index (χ3n) is 5.54. The summed E-state index contributed by atoms with van der Waals surface area (Å²) in [6.45, 7) is 17.4. The van der Waals surface area contributed by atoms with Crippen LogP contribution in [0, 0.1) is 23.7 Å². The fraction of sp³-hybridized carbons (Fsp3) is 0.950. The molecule has 0 radical (unpaired) electrons. The summed E-state index contributed by atoms with van der Waals surface area (Å²) in [5.41, 5.74) is -0.469. The second-order valence-electron chi connectivity index (χ2n) is 9.57. The third-order valence-corrected chi connectivity index (χ3v) is 5.54. The Kier molecular flexibility index (Phi) is 7.30. The summed E-state index contributed by atoms with van der Waals surface area (Å²) in [4.78, 5) is 12.2. The Labute approximate surface area is 148 Å². The van der Waals surface area contributed by atoms with Gasteiger partial charge < -0.3 is 9.94 Å². The number of carbonyl (C=O) groups excluding carboxylic acids is 1. The van der Waals surface area contributed by atoms with Crippen molar-refractivity contribution in [1.82, 2.24) is 5.06 Å². The lowest BCUT2D eigenvalue weighted by atomic mass is 9.69. The molecule has 1 saturated heterocycles. The molecule has 1 aliphatic heterocycles. The maximum Gasteiger partial charge on any atom is 0.308 e. The normalized spacial score (nSPS) is 23.9. The van der Waals surface area contributed by atoms with E-state index in [1.807, 2.05) is 6.92 Å². The maximum atomic E-state index is 12.2. The van der Waals surface area contributed by atoms with Crippen molar-refractivity contribution in [3.05, 3.63) is 0 Å². The first-order valence-electron chi connectivity index (χ1n) is 9.52. The number of nitrogens with zero attached hydrogens (tertiary/aromatic N) is 1. The van der Waals surface area contributed by atoms with Gasteiger partial charge in [0.25, 0.3) is 0 Å². The molecule has 24 heavy (non-hydrogen) atoms. The Morgan fingerprint density at radius 2 is 1.62 bits per heavy atom. The summed E-state index contributed by atoms with van der Waals surface area (Å²) >= 11 is 0. The lowest BCUT2D eigenvalue weighted by molar-refractivity contribution is -0.254. The van der Waals surface area contributed by atoms with Crippen LogP contribution < -0.4 is 0 Å². The van der Waals surface area contributed by atoms with Gasteiger partial charge in [0, 0.05) is 11.1 Å². The summed E-state index contributed by atoms with van der Waals surface area (Å²) in [6, 6.07) is 0. The molecule has 2 unspecified atom stereocenters. The highest BCUT2D eigenvalue weighted by Gasteiger charge is 2.46. The first-order chi connectivity index (χ1) is 10.9. The van der Waals surface area contributed by atoms with Gasteiger partial charge in [-0.3, -0.25) is 4.79 Å². The number of carbonyl (C=O) groups is 1. The predicted octanol–water partition coefficient (Wildman–Crippen LogP) is 4.90. The first-order valence-corrected chi connectivity index (χ1v) is 9.52. The number of hydroxylamine groups is 2. The summed E-state index contributed by atoms with van der Waals surface area (Å²) in [5.74, 6) is 1.36. The van der Waals surface area contributed by atoms with Crippen LogP contribution in [0.1, 0.15) is 81.1 Å². The Hall–Kier alpha value is -0.610. The van der Waals surface area contributed by atoms with Gasteiger partial charge in [-0.2, -0.15) is 5.06 Å². The van der Waals surface area contributed by atoms with Crippen LogP contribution in [0.5, 0.6) is 0 Å².